The fraction of sp³-hybridized carbons (Fsp3) is 0.263. The van der Waals surface area contributed by atoms with Crippen LogP contribution in [0.2, 0.25) is 0 Å². The third kappa shape index (κ3) is 4.61. The number of rotatable bonds is 7. The minimum Gasteiger partial charge on any atom is -0.361 e. The maximum atomic E-state index is 13.5. The molecule has 2 heterocycles. The van der Waals surface area contributed by atoms with Gasteiger partial charge in [0.1, 0.15) is 23.7 Å². The highest BCUT2D eigenvalue weighted by Gasteiger charge is 2.18. The van der Waals surface area contributed by atoms with E-state index < -0.39 is 0 Å². The van der Waals surface area contributed by atoms with Crippen LogP contribution in [-0.4, -0.2) is 33.3 Å². The summed E-state index contributed by atoms with van der Waals surface area (Å²) in [6.45, 7) is 3.64. The summed E-state index contributed by atoms with van der Waals surface area (Å²) in [4.78, 5) is 24.3. The van der Waals surface area contributed by atoms with E-state index in [-0.39, 0.29) is 24.2 Å². The topological polar surface area (TPSA) is 102 Å². The van der Waals surface area contributed by atoms with Gasteiger partial charge in [-0.25, -0.2) is 4.39 Å². The number of hydrogen-bond acceptors (Lipinski definition) is 5. The summed E-state index contributed by atoms with van der Waals surface area (Å²) < 4.78 is 19.9. The molecular formula is C19H20FN5O3. The molecule has 0 atom stereocenters. The Hall–Kier alpha value is -3.49. The van der Waals surface area contributed by atoms with E-state index in [1.165, 1.54) is 16.9 Å². The third-order valence-corrected chi connectivity index (χ3v) is 4.13. The number of nitrogens with one attached hydrogen (secondary N) is 2. The Morgan fingerprint density at radius 2 is 2.04 bits per heavy atom. The van der Waals surface area contributed by atoms with Gasteiger partial charge in [0, 0.05) is 12.7 Å². The number of nitrogens with zero attached hydrogens (tertiary/aromatic N) is 3. The minimum atomic E-state index is -0.356. The lowest BCUT2D eigenvalue weighted by Gasteiger charge is -2.06. The van der Waals surface area contributed by atoms with Crippen molar-refractivity contribution < 1.29 is 18.5 Å². The average Bonchev–Trinajstić information content (AvgIpc) is 3.22. The number of carbonyl (C=O) groups is 2. The van der Waals surface area contributed by atoms with E-state index in [1.54, 1.807) is 38.2 Å². The average molecular weight is 385 g/mol. The molecule has 2 N–H and O–H groups in total. The SMILES string of the molecule is Cc1noc(C)c1C(=O)Nc1cnn(CC(=O)NCCc2ccccc2F)c1. The summed E-state index contributed by atoms with van der Waals surface area (Å²) in [5.41, 5.74) is 1.87. The van der Waals surface area contributed by atoms with Gasteiger partial charge in [-0.15, -0.1) is 0 Å². The van der Waals surface area contributed by atoms with Gasteiger partial charge in [0.25, 0.3) is 5.91 Å². The second-order valence-corrected chi connectivity index (χ2v) is 6.27. The Morgan fingerprint density at radius 1 is 1.25 bits per heavy atom. The van der Waals surface area contributed by atoms with E-state index in [2.05, 4.69) is 20.9 Å². The molecule has 9 heteroatoms. The lowest BCUT2D eigenvalue weighted by atomic mass is 10.1. The van der Waals surface area contributed by atoms with Crippen molar-refractivity contribution >= 4 is 17.5 Å². The molecule has 0 radical (unpaired) electrons. The number of hydrogen-bond donors (Lipinski definition) is 2. The molecule has 0 bridgehead atoms. The molecule has 0 aliphatic rings. The van der Waals surface area contributed by atoms with Crippen LogP contribution in [0.4, 0.5) is 10.1 Å². The molecule has 0 aliphatic carbocycles. The van der Waals surface area contributed by atoms with Crippen LogP contribution >= 0.6 is 0 Å². The van der Waals surface area contributed by atoms with Gasteiger partial charge in [-0.3, -0.25) is 14.3 Å². The van der Waals surface area contributed by atoms with Crippen molar-refractivity contribution in [2.45, 2.75) is 26.8 Å². The van der Waals surface area contributed by atoms with E-state index in [9.17, 15) is 14.0 Å². The lowest BCUT2D eigenvalue weighted by molar-refractivity contribution is -0.121. The molecule has 0 saturated carbocycles. The highest BCUT2D eigenvalue weighted by atomic mass is 19.1. The molecular weight excluding hydrogens is 365 g/mol. The molecule has 0 unspecified atom stereocenters. The molecule has 146 valence electrons. The summed E-state index contributed by atoms with van der Waals surface area (Å²) in [6.07, 6.45) is 3.39. The molecule has 3 rings (SSSR count). The highest BCUT2D eigenvalue weighted by molar-refractivity contribution is 6.05. The van der Waals surface area contributed by atoms with Crippen LogP contribution in [0.3, 0.4) is 0 Å². The molecule has 2 amide bonds. The van der Waals surface area contributed by atoms with Crippen LogP contribution < -0.4 is 10.6 Å². The van der Waals surface area contributed by atoms with E-state index in [0.29, 0.717) is 41.2 Å². The summed E-state index contributed by atoms with van der Waals surface area (Å²) >= 11 is 0. The molecule has 0 spiro atoms. The van der Waals surface area contributed by atoms with Gasteiger partial charge in [-0.2, -0.15) is 5.10 Å². The van der Waals surface area contributed by atoms with Crippen molar-refractivity contribution in [1.82, 2.24) is 20.3 Å². The smallest absolute Gasteiger partial charge is 0.261 e. The summed E-state index contributed by atoms with van der Waals surface area (Å²) in [6, 6.07) is 6.45. The summed E-state index contributed by atoms with van der Waals surface area (Å²) in [5.74, 6) is -0.479. The first-order valence-electron chi connectivity index (χ1n) is 8.71. The molecule has 0 aliphatic heterocycles. The van der Waals surface area contributed by atoms with Gasteiger partial charge >= 0.3 is 0 Å². The predicted molar refractivity (Wildman–Crippen MR) is 99.3 cm³/mol. The van der Waals surface area contributed by atoms with Gasteiger partial charge in [0.15, 0.2) is 0 Å². The van der Waals surface area contributed by atoms with E-state index in [1.807, 2.05) is 0 Å². The zero-order chi connectivity index (χ0) is 20.1. The second kappa shape index (κ2) is 8.47. The number of aryl methyl sites for hydroxylation is 2. The molecule has 0 fully saturated rings. The number of carbonyl (C=O) groups excluding carboxylic acids is 2. The fourth-order valence-corrected chi connectivity index (χ4v) is 2.76. The Labute approximate surface area is 160 Å². The molecule has 0 saturated heterocycles. The standard InChI is InChI=1S/C19H20FN5O3/c1-12-18(13(2)28-24-12)19(27)23-15-9-22-25(10-15)11-17(26)21-8-7-14-5-3-4-6-16(14)20/h3-6,9-10H,7-8,11H2,1-2H3,(H,21,26)(H,23,27). The zero-order valence-electron chi connectivity index (χ0n) is 15.5. The number of amides is 2. The van der Waals surface area contributed by atoms with Crippen LogP contribution in [-0.2, 0) is 17.8 Å². The first kappa shape index (κ1) is 19.3. The summed E-state index contributed by atoms with van der Waals surface area (Å²) in [5, 5.41) is 13.2. The molecule has 3 aromatic rings. The van der Waals surface area contributed by atoms with E-state index in [4.69, 9.17) is 4.52 Å². The van der Waals surface area contributed by atoms with Gasteiger partial charge in [-0.05, 0) is 31.9 Å². The maximum absolute atomic E-state index is 13.5. The Kier molecular flexibility index (Phi) is 5.83. The first-order chi connectivity index (χ1) is 13.4. The zero-order valence-corrected chi connectivity index (χ0v) is 15.5. The summed E-state index contributed by atoms with van der Waals surface area (Å²) in [7, 11) is 0. The molecule has 28 heavy (non-hydrogen) atoms. The highest BCUT2D eigenvalue weighted by Crippen LogP contribution is 2.15. The minimum absolute atomic E-state index is 0.0154. The second-order valence-electron chi connectivity index (χ2n) is 6.27. The number of aromatic nitrogens is 3. The van der Waals surface area contributed by atoms with Gasteiger partial charge in [-0.1, -0.05) is 23.4 Å². The normalized spacial score (nSPS) is 10.7. The van der Waals surface area contributed by atoms with Crippen LogP contribution in [0.25, 0.3) is 0 Å². The number of halogens is 1. The van der Waals surface area contributed by atoms with E-state index >= 15 is 0 Å². The molecule has 1 aromatic carbocycles. The fourth-order valence-electron chi connectivity index (χ4n) is 2.76. The maximum Gasteiger partial charge on any atom is 0.261 e. The Morgan fingerprint density at radius 3 is 2.75 bits per heavy atom. The van der Waals surface area contributed by atoms with Crippen molar-refractivity contribution in [1.29, 1.82) is 0 Å². The lowest BCUT2D eigenvalue weighted by Crippen LogP contribution is -2.29. The van der Waals surface area contributed by atoms with Gasteiger partial charge < -0.3 is 15.2 Å². The monoisotopic (exact) mass is 385 g/mol. The number of anilines is 1. The number of benzene rings is 1. The van der Waals surface area contributed by atoms with Crippen molar-refractivity contribution in [2.75, 3.05) is 11.9 Å². The van der Waals surface area contributed by atoms with Gasteiger partial charge in [0.05, 0.1) is 17.6 Å². The van der Waals surface area contributed by atoms with Crippen molar-refractivity contribution in [3.05, 3.63) is 65.1 Å². The van der Waals surface area contributed by atoms with Crippen molar-refractivity contribution in [2.24, 2.45) is 0 Å². The van der Waals surface area contributed by atoms with Crippen molar-refractivity contribution in [3.63, 3.8) is 0 Å². The first-order valence-corrected chi connectivity index (χ1v) is 8.71. The quantitative estimate of drug-likeness (QED) is 0.649. The molecule has 2 aromatic heterocycles. The Balaban J connectivity index is 1.49. The molecule has 8 nitrogen and oxygen atoms in total. The third-order valence-electron chi connectivity index (χ3n) is 4.13. The predicted octanol–water partition coefficient (Wildman–Crippen LogP) is 2.24. The Bertz CT molecular complexity index is 976. The van der Waals surface area contributed by atoms with Crippen LogP contribution in [0.5, 0.6) is 0 Å². The van der Waals surface area contributed by atoms with Crippen LogP contribution in [0, 0.1) is 19.7 Å². The largest absolute Gasteiger partial charge is 0.361 e. The van der Waals surface area contributed by atoms with E-state index in [0.717, 1.165) is 0 Å². The van der Waals surface area contributed by atoms with Crippen LogP contribution in [0.15, 0.2) is 41.2 Å². The van der Waals surface area contributed by atoms with Gasteiger partial charge in [0.2, 0.25) is 5.91 Å². The van der Waals surface area contributed by atoms with Crippen molar-refractivity contribution in [3.8, 4) is 0 Å². The van der Waals surface area contributed by atoms with Crippen LogP contribution in [0.1, 0.15) is 27.4 Å².